The molecule has 0 unspecified atom stereocenters. The first-order valence-electron chi connectivity index (χ1n) is 8.53. The van der Waals surface area contributed by atoms with Gasteiger partial charge in [0.1, 0.15) is 0 Å². The number of benzene rings is 1. The van der Waals surface area contributed by atoms with Gasteiger partial charge in [-0.25, -0.2) is 13.2 Å². The van der Waals surface area contributed by atoms with Crippen LogP contribution in [0.2, 0.25) is 5.02 Å². The molecule has 0 radical (unpaired) electrons. The van der Waals surface area contributed by atoms with Gasteiger partial charge in [-0.05, 0) is 56.3 Å². The van der Waals surface area contributed by atoms with Gasteiger partial charge in [-0.2, -0.15) is 4.31 Å². The van der Waals surface area contributed by atoms with Gasteiger partial charge in [0.15, 0.2) is 0 Å². The summed E-state index contributed by atoms with van der Waals surface area (Å²) >= 11 is 5.96. The van der Waals surface area contributed by atoms with Crippen molar-refractivity contribution in [3.05, 3.63) is 28.8 Å². The van der Waals surface area contributed by atoms with Crippen LogP contribution in [0.5, 0.6) is 0 Å². The standard InChI is InChI=1S/C17H23ClN2O4S.ClH/c1-24-17(21)15-5-4-13(18)10-16(15)25(22,23)20-8-6-14(7-9-20)19-11-12-2-3-12;/h4-5,10,12,14,19H,2-3,6-9,11H2,1H3;1H. The molecule has 0 spiro atoms. The first-order valence-corrected chi connectivity index (χ1v) is 10.3. The summed E-state index contributed by atoms with van der Waals surface area (Å²) in [6, 6.07) is 4.55. The van der Waals surface area contributed by atoms with Crippen LogP contribution in [0.25, 0.3) is 0 Å². The van der Waals surface area contributed by atoms with Crippen molar-refractivity contribution in [2.24, 2.45) is 5.92 Å². The first-order chi connectivity index (χ1) is 11.9. The van der Waals surface area contributed by atoms with E-state index in [2.05, 4.69) is 5.32 Å². The van der Waals surface area contributed by atoms with Gasteiger partial charge in [0.05, 0.1) is 17.6 Å². The SMILES string of the molecule is COC(=O)c1ccc(Cl)cc1S(=O)(=O)N1CCC(NCC2CC2)CC1.Cl. The van der Waals surface area contributed by atoms with Crippen molar-refractivity contribution >= 4 is 40.0 Å². The van der Waals surface area contributed by atoms with Crippen molar-refractivity contribution in [3.8, 4) is 0 Å². The highest BCUT2D eigenvalue weighted by atomic mass is 35.5. The molecule has 0 atom stereocenters. The van der Waals surface area contributed by atoms with Crippen molar-refractivity contribution in [1.29, 1.82) is 0 Å². The molecule has 9 heteroatoms. The zero-order chi connectivity index (χ0) is 18.0. The third kappa shape index (κ3) is 4.89. The summed E-state index contributed by atoms with van der Waals surface area (Å²) in [5, 5.41) is 3.80. The highest BCUT2D eigenvalue weighted by Gasteiger charge is 2.33. The minimum atomic E-state index is -3.79. The van der Waals surface area contributed by atoms with E-state index in [9.17, 15) is 13.2 Å². The molecular formula is C17H24Cl2N2O4S. The first kappa shape index (κ1) is 21.4. The van der Waals surface area contributed by atoms with Gasteiger partial charge in [-0.1, -0.05) is 11.6 Å². The van der Waals surface area contributed by atoms with Crippen LogP contribution in [0.15, 0.2) is 23.1 Å². The predicted octanol–water partition coefficient (Wildman–Crippen LogP) is 2.70. The summed E-state index contributed by atoms with van der Waals surface area (Å²) in [5.41, 5.74) is 0.0147. The Labute approximate surface area is 165 Å². The van der Waals surface area contributed by atoms with E-state index in [1.807, 2.05) is 0 Å². The molecule has 1 saturated carbocycles. The summed E-state index contributed by atoms with van der Waals surface area (Å²) in [6.07, 6.45) is 4.12. The number of carbonyl (C=O) groups is 1. The van der Waals surface area contributed by atoms with Crippen LogP contribution in [0, 0.1) is 5.92 Å². The van der Waals surface area contributed by atoms with Crippen LogP contribution in [-0.2, 0) is 14.8 Å². The van der Waals surface area contributed by atoms with E-state index in [-0.39, 0.29) is 27.9 Å². The van der Waals surface area contributed by atoms with Gasteiger partial charge >= 0.3 is 5.97 Å². The summed E-state index contributed by atoms with van der Waals surface area (Å²) in [6.45, 7) is 1.88. The molecule has 3 rings (SSSR count). The lowest BCUT2D eigenvalue weighted by Crippen LogP contribution is -2.45. The Morgan fingerprint density at radius 3 is 2.50 bits per heavy atom. The molecule has 0 aromatic heterocycles. The second-order valence-corrected chi connectivity index (χ2v) is 9.00. The smallest absolute Gasteiger partial charge is 0.339 e. The molecule has 2 fully saturated rings. The monoisotopic (exact) mass is 422 g/mol. The number of hydrogen-bond donors (Lipinski definition) is 1. The van der Waals surface area contributed by atoms with Crippen molar-refractivity contribution in [3.63, 3.8) is 0 Å². The maximum atomic E-state index is 13.0. The third-order valence-electron chi connectivity index (χ3n) is 4.81. The number of nitrogens with zero attached hydrogens (tertiary/aromatic N) is 1. The van der Waals surface area contributed by atoms with Gasteiger partial charge in [0.2, 0.25) is 10.0 Å². The molecule has 0 amide bonds. The topological polar surface area (TPSA) is 75.7 Å². The number of carbonyl (C=O) groups excluding carboxylic acids is 1. The predicted molar refractivity (Wildman–Crippen MR) is 103 cm³/mol. The number of hydrogen-bond acceptors (Lipinski definition) is 5. The van der Waals surface area contributed by atoms with Gasteiger partial charge in [-0.3, -0.25) is 0 Å². The number of piperidine rings is 1. The summed E-state index contributed by atoms with van der Waals surface area (Å²) in [4.78, 5) is 11.8. The van der Waals surface area contributed by atoms with Crippen LogP contribution in [0.1, 0.15) is 36.0 Å². The van der Waals surface area contributed by atoms with Crippen LogP contribution in [0.3, 0.4) is 0 Å². The van der Waals surface area contributed by atoms with Crippen molar-refractivity contribution in [2.75, 3.05) is 26.7 Å². The molecule has 0 bridgehead atoms. The minimum absolute atomic E-state index is 0. The minimum Gasteiger partial charge on any atom is -0.465 e. The summed E-state index contributed by atoms with van der Waals surface area (Å²) in [7, 11) is -2.57. The van der Waals surface area contributed by atoms with E-state index in [0.717, 1.165) is 25.3 Å². The molecule has 6 nitrogen and oxygen atoms in total. The highest BCUT2D eigenvalue weighted by Crippen LogP contribution is 2.29. The number of halogens is 2. The van der Waals surface area contributed by atoms with E-state index in [0.29, 0.717) is 19.1 Å². The Balaban J connectivity index is 0.00000243. The second kappa shape index (κ2) is 8.89. The normalized spacial score (nSPS) is 19.0. The lowest BCUT2D eigenvalue weighted by atomic mass is 10.1. The Morgan fingerprint density at radius 2 is 1.92 bits per heavy atom. The van der Waals surface area contributed by atoms with Crippen LogP contribution in [0.4, 0.5) is 0 Å². The molecule has 1 heterocycles. The zero-order valence-corrected chi connectivity index (χ0v) is 17.0. The molecule has 1 aliphatic heterocycles. The summed E-state index contributed by atoms with van der Waals surface area (Å²) < 4.78 is 32.1. The molecule has 2 aliphatic rings. The zero-order valence-electron chi connectivity index (χ0n) is 14.6. The fourth-order valence-corrected chi connectivity index (χ4v) is 4.99. The number of sulfonamides is 1. The number of esters is 1. The molecule has 1 aliphatic carbocycles. The lowest BCUT2D eigenvalue weighted by Gasteiger charge is -2.32. The Bertz CT molecular complexity index is 745. The molecule has 1 N–H and O–H groups in total. The van der Waals surface area contributed by atoms with E-state index >= 15 is 0 Å². The molecule has 1 aromatic rings. The Hall–Kier alpha value is -0.860. The Morgan fingerprint density at radius 1 is 1.27 bits per heavy atom. The largest absolute Gasteiger partial charge is 0.465 e. The van der Waals surface area contributed by atoms with E-state index < -0.39 is 16.0 Å². The van der Waals surface area contributed by atoms with E-state index in [1.165, 1.54) is 42.5 Å². The lowest BCUT2D eigenvalue weighted by molar-refractivity contribution is 0.0596. The van der Waals surface area contributed by atoms with Crippen molar-refractivity contribution in [2.45, 2.75) is 36.6 Å². The van der Waals surface area contributed by atoms with Crippen LogP contribution >= 0.6 is 24.0 Å². The molecule has 146 valence electrons. The quantitative estimate of drug-likeness (QED) is 0.713. The van der Waals surface area contributed by atoms with E-state index in [4.69, 9.17) is 16.3 Å². The maximum absolute atomic E-state index is 13.0. The van der Waals surface area contributed by atoms with E-state index in [1.54, 1.807) is 0 Å². The fourth-order valence-electron chi connectivity index (χ4n) is 3.08. The third-order valence-corrected chi connectivity index (χ3v) is 6.99. The van der Waals surface area contributed by atoms with Crippen molar-refractivity contribution < 1.29 is 17.9 Å². The fraction of sp³-hybridized carbons (Fsp3) is 0.588. The molecule has 26 heavy (non-hydrogen) atoms. The second-order valence-electron chi connectivity index (χ2n) is 6.66. The Kier molecular flexibility index (Phi) is 7.33. The van der Waals surface area contributed by atoms with Gasteiger partial charge < -0.3 is 10.1 Å². The number of methoxy groups -OCH3 is 1. The summed E-state index contributed by atoms with van der Waals surface area (Å²) in [5.74, 6) is 0.118. The van der Waals surface area contributed by atoms with Gasteiger partial charge in [0.25, 0.3) is 0 Å². The van der Waals surface area contributed by atoms with Gasteiger partial charge in [0, 0.05) is 24.2 Å². The average molecular weight is 423 g/mol. The number of ether oxygens (including phenoxy) is 1. The molecule has 1 saturated heterocycles. The number of nitrogens with one attached hydrogen (secondary N) is 1. The molecule has 1 aromatic carbocycles. The van der Waals surface area contributed by atoms with Crippen LogP contribution in [-0.4, -0.2) is 51.5 Å². The maximum Gasteiger partial charge on any atom is 0.339 e. The number of rotatable bonds is 6. The molecular weight excluding hydrogens is 399 g/mol. The van der Waals surface area contributed by atoms with Crippen molar-refractivity contribution in [1.82, 2.24) is 9.62 Å². The highest BCUT2D eigenvalue weighted by molar-refractivity contribution is 7.89. The average Bonchev–Trinajstić information content (AvgIpc) is 3.44. The van der Waals surface area contributed by atoms with Gasteiger partial charge in [-0.15, -0.1) is 12.4 Å². The van der Waals surface area contributed by atoms with Crippen LogP contribution < -0.4 is 5.32 Å².